The Kier molecular flexibility index (Phi) is 4.68. The second-order valence-electron chi connectivity index (χ2n) is 5.87. The van der Waals surface area contributed by atoms with E-state index in [0.29, 0.717) is 6.04 Å². The van der Waals surface area contributed by atoms with E-state index in [2.05, 4.69) is 53.8 Å². The van der Waals surface area contributed by atoms with Gasteiger partial charge in [-0.25, -0.2) is 4.98 Å². The van der Waals surface area contributed by atoms with Crippen molar-refractivity contribution in [1.82, 2.24) is 15.2 Å². The molecule has 0 bridgehead atoms. The Morgan fingerprint density at radius 2 is 2.10 bits per heavy atom. The van der Waals surface area contributed by atoms with E-state index < -0.39 is 0 Å². The summed E-state index contributed by atoms with van der Waals surface area (Å²) in [5.74, 6) is 0. The molecule has 0 radical (unpaired) electrons. The number of aromatic nitrogens is 1. The molecular formula is C17H23N3S. The van der Waals surface area contributed by atoms with Gasteiger partial charge in [0.25, 0.3) is 0 Å². The van der Waals surface area contributed by atoms with Gasteiger partial charge < -0.3 is 5.32 Å². The molecule has 1 aliphatic rings. The minimum absolute atomic E-state index is 0.589. The summed E-state index contributed by atoms with van der Waals surface area (Å²) in [6.07, 6.45) is 2.74. The Bertz CT molecular complexity index is 562. The van der Waals surface area contributed by atoms with Crippen molar-refractivity contribution in [3.63, 3.8) is 0 Å². The molecule has 112 valence electrons. The lowest BCUT2D eigenvalue weighted by atomic mass is 10.2. The number of rotatable bonds is 7. The number of likely N-dealkylation sites (N-methyl/N-ethyl adjacent to an activating group) is 1. The number of nitrogens with zero attached hydrogens (tertiary/aromatic N) is 2. The highest BCUT2D eigenvalue weighted by Crippen LogP contribution is 2.26. The second-order valence-corrected chi connectivity index (χ2v) is 6.81. The minimum atomic E-state index is 0.589. The lowest BCUT2D eigenvalue weighted by Gasteiger charge is -2.24. The second kappa shape index (κ2) is 6.69. The Morgan fingerprint density at radius 3 is 2.81 bits per heavy atom. The molecule has 3 nitrogen and oxygen atoms in total. The Hall–Kier alpha value is -1.23. The van der Waals surface area contributed by atoms with Crippen LogP contribution >= 0.6 is 11.3 Å². The zero-order chi connectivity index (χ0) is 14.7. The Morgan fingerprint density at radius 1 is 1.33 bits per heavy atom. The number of benzene rings is 1. The molecule has 0 spiro atoms. The van der Waals surface area contributed by atoms with Crippen molar-refractivity contribution in [3.05, 3.63) is 40.7 Å². The van der Waals surface area contributed by atoms with Gasteiger partial charge in [0.1, 0.15) is 5.01 Å². The molecule has 4 heteroatoms. The molecule has 0 saturated heterocycles. The lowest BCUT2D eigenvalue weighted by molar-refractivity contribution is 0.241. The van der Waals surface area contributed by atoms with E-state index in [4.69, 9.17) is 4.98 Å². The average molecular weight is 301 g/mol. The monoisotopic (exact) mass is 301 g/mol. The predicted octanol–water partition coefficient (Wildman–Crippen LogP) is 3.38. The third kappa shape index (κ3) is 3.90. The maximum Gasteiger partial charge on any atom is 0.107 e. The highest BCUT2D eigenvalue weighted by molar-refractivity contribution is 7.09. The summed E-state index contributed by atoms with van der Waals surface area (Å²) in [5.41, 5.74) is 2.28. The summed E-state index contributed by atoms with van der Waals surface area (Å²) in [5, 5.41) is 6.84. The third-order valence-corrected chi connectivity index (χ3v) is 5.00. The van der Waals surface area contributed by atoms with Crippen molar-refractivity contribution in [2.24, 2.45) is 0 Å². The topological polar surface area (TPSA) is 28.2 Å². The van der Waals surface area contributed by atoms with Crippen LogP contribution in [0.5, 0.6) is 0 Å². The number of hydrogen-bond acceptors (Lipinski definition) is 4. The van der Waals surface area contributed by atoms with Gasteiger partial charge in [-0.3, -0.25) is 4.90 Å². The van der Waals surface area contributed by atoms with Crippen LogP contribution in [0.25, 0.3) is 11.3 Å². The van der Waals surface area contributed by atoms with Crippen molar-refractivity contribution in [3.8, 4) is 11.3 Å². The van der Waals surface area contributed by atoms with E-state index in [1.54, 1.807) is 11.3 Å². The van der Waals surface area contributed by atoms with E-state index in [-0.39, 0.29) is 0 Å². The molecule has 2 aromatic rings. The molecule has 1 N–H and O–H groups in total. The van der Waals surface area contributed by atoms with Gasteiger partial charge >= 0.3 is 0 Å². The average Bonchev–Trinajstić information content (AvgIpc) is 3.26. The Balaban J connectivity index is 1.49. The van der Waals surface area contributed by atoms with Crippen LogP contribution in [-0.4, -0.2) is 35.6 Å². The fraction of sp³-hybridized carbons (Fsp3) is 0.471. The quantitative estimate of drug-likeness (QED) is 0.850. The molecule has 1 saturated carbocycles. The number of thiazole rings is 1. The smallest absolute Gasteiger partial charge is 0.107 e. The van der Waals surface area contributed by atoms with Gasteiger partial charge in [0.05, 0.1) is 5.69 Å². The first-order valence-corrected chi connectivity index (χ1v) is 8.54. The molecule has 0 amide bonds. The maximum absolute atomic E-state index is 4.71. The fourth-order valence-electron chi connectivity index (χ4n) is 2.51. The first-order valence-electron chi connectivity index (χ1n) is 7.66. The summed E-state index contributed by atoms with van der Waals surface area (Å²) < 4.78 is 0. The molecule has 1 unspecified atom stereocenters. The van der Waals surface area contributed by atoms with Crippen LogP contribution in [0.3, 0.4) is 0 Å². The molecular weight excluding hydrogens is 278 g/mol. The number of hydrogen-bond donors (Lipinski definition) is 1. The normalized spacial score (nSPS) is 16.3. The van der Waals surface area contributed by atoms with Crippen LogP contribution in [0.2, 0.25) is 0 Å². The van der Waals surface area contributed by atoms with E-state index in [1.807, 2.05) is 6.07 Å². The lowest BCUT2D eigenvalue weighted by Crippen LogP contribution is -2.38. The van der Waals surface area contributed by atoms with Gasteiger partial charge in [0, 0.05) is 36.1 Å². The third-order valence-electron chi connectivity index (χ3n) is 4.16. The molecule has 1 fully saturated rings. The first-order chi connectivity index (χ1) is 10.2. The fourth-order valence-corrected chi connectivity index (χ4v) is 3.28. The van der Waals surface area contributed by atoms with Crippen LogP contribution in [-0.2, 0) is 6.54 Å². The van der Waals surface area contributed by atoms with Crippen LogP contribution in [0.15, 0.2) is 35.7 Å². The predicted molar refractivity (Wildman–Crippen MR) is 89.5 cm³/mol. The minimum Gasteiger partial charge on any atom is -0.309 e. The van der Waals surface area contributed by atoms with Gasteiger partial charge in [0.2, 0.25) is 0 Å². The van der Waals surface area contributed by atoms with Gasteiger partial charge in [-0.05, 0) is 26.8 Å². The number of nitrogens with one attached hydrogen (secondary N) is 1. The van der Waals surface area contributed by atoms with Crippen LogP contribution in [0, 0.1) is 0 Å². The molecule has 21 heavy (non-hydrogen) atoms. The Labute approximate surface area is 131 Å². The molecule has 1 atom stereocenters. The van der Waals surface area contributed by atoms with Crippen LogP contribution in [0.4, 0.5) is 0 Å². The van der Waals surface area contributed by atoms with Gasteiger partial charge in [0.15, 0.2) is 0 Å². The first kappa shape index (κ1) is 14.7. The molecule has 1 aromatic heterocycles. The van der Waals surface area contributed by atoms with E-state index in [0.717, 1.165) is 29.8 Å². The SMILES string of the molecule is CC(CNCc1nc(-c2ccccc2)cs1)N(C)C1CC1. The van der Waals surface area contributed by atoms with Crippen molar-refractivity contribution in [2.45, 2.75) is 38.4 Å². The summed E-state index contributed by atoms with van der Waals surface area (Å²) >= 11 is 1.74. The molecule has 1 aliphatic carbocycles. The standard InChI is InChI=1S/C17H23N3S/c1-13(20(2)15-8-9-15)10-18-11-17-19-16(12-21-17)14-6-4-3-5-7-14/h3-7,12-13,15,18H,8-11H2,1-2H3. The van der Waals surface area contributed by atoms with Crippen molar-refractivity contribution >= 4 is 11.3 Å². The highest BCUT2D eigenvalue weighted by Gasteiger charge is 2.28. The maximum atomic E-state index is 4.71. The molecule has 0 aliphatic heterocycles. The largest absolute Gasteiger partial charge is 0.309 e. The van der Waals surface area contributed by atoms with Crippen LogP contribution in [0.1, 0.15) is 24.8 Å². The van der Waals surface area contributed by atoms with Gasteiger partial charge in [-0.2, -0.15) is 0 Å². The summed E-state index contributed by atoms with van der Waals surface area (Å²) in [6.45, 7) is 4.18. The van der Waals surface area contributed by atoms with Crippen molar-refractivity contribution in [1.29, 1.82) is 0 Å². The molecule has 1 heterocycles. The van der Waals surface area contributed by atoms with E-state index in [9.17, 15) is 0 Å². The summed E-state index contributed by atoms with van der Waals surface area (Å²) in [6, 6.07) is 11.8. The van der Waals surface area contributed by atoms with Gasteiger partial charge in [-0.1, -0.05) is 30.3 Å². The highest BCUT2D eigenvalue weighted by atomic mass is 32.1. The van der Waals surface area contributed by atoms with Crippen molar-refractivity contribution < 1.29 is 0 Å². The summed E-state index contributed by atoms with van der Waals surface area (Å²) in [7, 11) is 2.24. The van der Waals surface area contributed by atoms with Crippen molar-refractivity contribution in [2.75, 3.05) is 13.6 Å². The van der Waals surface area contributed by atoms with E-state index >= 15 is 0 Å². The zero-order valence-electron chi connectivity index (χ0n) is 12.7. The van der Waals surface area contributed by atoms with Crippen LogP contribution < -0.4 is 5.32 Å². The summed E-state index contributed by atoms with van der Waals surface area (Å²) in [4.78, 5) is 7.20. The van der Waals surface area contributed by atoms with Gasteiger partial charge in [-0.15, -0.1) is 11.3 Å². The molecule has 1 aromatic carbocycles. The molecule has 3 rings (SSSR count). The zero-order valence-corrected chi connectivity index (χ0v) is 13.6. The van der Waals surface area contributed by atoms with E-state index in [1.165, 1.54) is 18.4 Å².